The van der Waals surface area contributed by atoms with Gasteiger partial charge in [0.05, 0.1) is 16.7 Å². The number of imide groups is 1. The van der Waals surface area contributed by atoms with Crippen molar-refractivity contribution in [3.63, 3.8) is 0 Å². The molecule has 7 nitrogen and oxygen atoms in total. The maximum Gasteiger partial charge on any atom is 0.338 e. The van der Waals surface area contributed by atoms with Crippen LogP contribution in [0.4, 0.5) is 0 Å². The van der Waals surface area contributed by atoms with Crippen LogP contribution in [-0.2, 0) is 16.0 Å². The maximum atomic E-state index is 12.3. The number of nitrogens with one attached hydrogen (secondary N) is 1. The van der Waals surface area contributed by atoms with Gasteiger partial charge in [-0.15, -0.1) is 6.58 Å². The molecule has 0 saturated carbocycles. The summed E-state index contributed by atoms with van der Waals surface area (Å²) in [6.45, 7) is 3.61. The monoisotopic (exact) mass is 392 g/mol. The predicted molar refractivity (Wildman–Crippen MR) is 105 cm³/mol. The minimum atomic E-state index is -0.742. The van der Waals surface area contributed by atoms with Crippen LogP contribution >= 0.6 is 0 Å². The third-order valence-electron chi connectivity index (χ3n) is 4.43. The molecular weight excluding hydrogens is 372 g/mol. The number of carbonyl (C=O) groups is 4. The summed E-state index contributed by atoms with van der Waals surface area (Å²) < 4.78 is 5.01. The van der Waals surface area contributed by atoms with Crippen LogP contribution in [0, 0.1) is 0 Å². The molecule has 1 N–H and O–H groups in total. The van der Waals surface area contributed by atoms with Gasteiger partial charge in [-0.25, -0.2) is 4.79 Å². The third-order valence-corrected chi connectivity index (χ3v) is 4.43. The topological polar surface area (TPSA) is 92.8 Å². The minimum Gasteiger partial charge on any atom is -0.452 e. The lowest BCUT2D eigenvalue weighted by atomic mass is 10.1. The van der Waals surface area contributed by atoms with Crippen molar-refractivity contribution < 1.29 is 23.9 Å². The molecule has 1 aliphatic heterocycles. The molecule has 3 rings (SSSR count). The van der Waals surface area contributed by atoms with Crippen molar-refractivity contribution in [1.82, 2.24) is 10.2 Å². The van der Waals surface area contributed by atoms with Crippen molar-refractivity contribution in [3.8, 4) is 0 Å². The molecular formula is C22H20N2O5. The lowest BCUT2D eigenvalue weighted by Gasteiger charge is -2.09. The van der Waals surface area contributed by atoms with Gasteiger partial charge >= 0.3 is 5.97 Å². The number of rotatable bonds is 8. The van der Waals surface area contributed by atoms with E-state index in [1.807, 2.05) is 30.3 Å². The summed E-state index contributed by atoms with van der Waals surface area (Å²) in [5, 5.41) is 2.68. The molecule has 2 aromatic rings. The Labute approximate surface area is 168 Å². The molecule has 1 heterocycles. The number of amides is 3. The van der Waals surface area contributed by atoms with Gasteiger partial charge in [0.25, 0.3) is 17.7 Å². The Morgan fingerprint density at radius 1 is 1.03 bits per heavy atom. The first-order valence-corrected chi connectivity index (χ1v) is 9.10. The van der Waals surface area contributed by atoms with Crippen molar-refractivity contribution in [1.29, 1.82) is 0 Å². The normalized spacial score (nSPS) is 12.5. The zero-order valence-corrected chi connectivity index (χ0v) is 15.7. The highest BCUT2D eigenvalue weighted by Gasteiger charge is 2.35. The zero-order valence-electron chi connectivity index (χ0n) is 15.7. The van der Waals surface area contributed by atoms with Gasteiger partial charge < -0.3 is 10.1 Å². The molecule has 0 unspecified atom stereocenters. The van der Waals surface area contributed by atoms with E-state index in [9.17, 15) is 19.2 Å². The molecule has 0 radical (unpaired) electrons. The Morgan fingerprint density at radius 2 is 1.76 bits per heavy atom. The highest BCUT2D eigenvalue weighted by atomic mass is 16.5. The number of fused-ring (bicyclic) bond motifs is 1. The van der Waals surface area contributed by atoms with Crippen LogP contribution in [0.2, 0.25) is 0 Å². The van der Waals surface area contributed by atoms with Crippen LogP contribution in [0.5, 0.6) is 0 Å². The lowest BCUT2D eigenvalue weighted by Crippen LogP contribution is -2.30. The van der Waals surface area contributed by atoms with Gasteiger partial charge in [-0.2, -0.15) is 0 Å². The van der Waals surface area contributed by atoms with Crippen molar-refractivity contribution in [2.45, 2.75) is 6.42 Å². The van der Waals surface area contributed by atoms with E-state index in [1.54, 1.807) is 0 Å². The van der Waals surface area contributed by atoms with Gasteiger partial charge in [-0.05, 0) is 30.2 Å². The highest BCUT2D eigenvalue weighted by Crippen LogP contribution is 2.24. The second-order valence-electron chi connectivity index (χ2n) is 6.43. The first kappa shape index (κ1) is 20.0. The van der Waals surface area contributed by atoms with Crippen molar-refractivity contribution in [2.24, 2.45) is 0 Å². The molecule has 0 bridgehead atoms. The summed E-state index contributed by atoms with van der Waals surface area (Å²) in [6.07, 6.45) is 2.12. The van der Waals surface area contributed by atoms with E-state index >= 15 is 0 Å². The molecule has 0 aromatic heterocycles. The number of hydrogen-bond acceptors (Lipinski definition) is 5. The summed E-state index contributed by atoms with van der Waals surface area (Å²) in [5.41, 5.74) is 1.56. The molecule has 2 aromatic carbocycles. The molecule has 0 atom stereocenters. The zero-order chi connectivity index (χ0) is 20.8. The van der Waals surface area contributed by atoms with Crippen molar-refractivity contribution >= 4 is 23.7 Å². The van der Waals surface area contributed by atoms with Crippen LogP contribution < -0.4 is 5.32 Å². The fourth-order valence-corrected chi connectivity index (χ4v) is 2.97. The Kier molecular flexibility index (Phi) is 6.19. The fourth-order valence-electron chi connectivity index (χ4n) is 2.97. The second kappa shape index (κ2) is 8.97. The third kappa shape index (κ3) is 4.57. The average Bonchev–Trinajstić information content (AvgIpc) is 2.97. The second-order valence-corrected chi connectivity index (χ2v) is 6.43. The number of hydrogen-bond donors (Lipinski definition) is 1. The molecule has 0 fully saturated rings. The van der Waals surface area contributed by atoms with Crippen LogP contribution in [0.15, 0.2) is 61.2 Å². The number of carbonyl (C=O) groups excluding carboxylic acids is 4. The van der Waals surface area contributed by atoms with Crippen molar-refractivity contribution in [2.75, 3.05) is 19.7 Å². The van der Waals surface area contributed by atoms with Crippen LogP contribution in [0.25, 0.3) is 0 Å². The van der Waals surface area contributed by atoms with Crippen LogP contribution in [0.1, 0.15) is 36.6 Å². The summed E-state index contributed by atoms with van der Waals surface area (Å²) >= 11 is 0. The van der Waals surface area contributed by atoms with Gasteiger partial charge in [-0.1, -0.05) is 36.4 Å². The average molecular weight is 392 g/mol. The molecule has 0 aliphatic carbocycles. The Hall–Kier alpha value is -3.74. The van der Waals surface area contributed by atoms with E-state index in [4.69, 9.17) is 4.74 Å². The van der Waals surface area contributed by atoms with Gasteiger partial charge in [0.15, 0.2) is 6.61 Å². The standard InChI is InChI=1S/C22H20N2O5/c1-2-12-24-20(26)17-9-8-16(13-18(17)21(24)27)22(28)29-14-19(25)23-11-10-15-6-4-3-5-7-15/h2-9,13H,1,10-12,14H2,(H,23,25). The Morgan fingerprint density at radius 3 is 2.48 bits per heavy atom. The molecule has 0 spiro atoms. The van der Waals surface area contributed by atoms with Gasteiger partial charge in [-0.3, -0.25) is 19.3 Å². The van der Waals surface area contributed by atoms with Gasteiger partial charge in [0.1, 0.15) is 0 Å². The summed E-state index contributed by atoms with van der Waals surface area (Å²) in [6, 6.07) is 13.8. The molecule has 0 saturated heterocycles. The number of benzene rings is 2. The van der Waals surface area contributed by atoms with E-state index in [2.05, 4.69) is 11.9 Å². The van der Waals surface area contributed by atoms with E-state index in [0.29, 0.717) is 13.0 Å². The largest absolute Gasteiger partial charge is 0.452 e. The Balaban J connectivity index is 1.53. The molecule has 1 aliphatic rings. The van der Waals surface area contributed by atoms with E-state index in [0.717, 1.165) is 10.5 Å². The number of nitrogens with zero attached hydrogens (tertiary/aromatic N) is 1. The van der Waals surface area contributed by atoms with Crippen molar-refractivity contribution in [3.05, 3.63) is 83.4 Å². The highest BCUT2D eigenvalue weighted by molar-refractivity contribution is 6.22. The number of ether oxygens (including phenoxy) is 1. The van der Waals surface area contributed by atoms with Gasteiger partial charge in [0, 0.05) is 13.1 Å². The number of esters is 1. The maximum absolute atomic E-state index is 12.3. The summed E-state index contributed by atoms with van der Waals surface area (Å²) in [5.74, 6) is -2.08. The van der Waals surface area contributed by atoms with Gasteiger partial charge in [0.2, 0.25) is 0 Å². The Bertz CT molecular complexity index is 968. The smallest absolute Gasteiger partial charge is 0.338 e. The molecule has 148 valence electrons. The minimum absolute atomic E-state index is 0.0925. The lowest BCUT2D eigenvalue weighted by molar-refractivity contribution is -0.124. The molecule has 29 heavy (non-hydrogen) atoms. The van der Waals surface area contributed by atoms with E-state index in [-0.39, 0.29) is 23.2 Å². The summed E-state index contributed by atoms with van der Waals surface area (Å²) in [7, 11) is 0. The van der Waals surface area contributed by atoms with E-state index < -0.39 is 30.3 Å². The van der Waals surface area contributed by atoms with Crippen LogP contribution in [-0.4, -0.2) is 48.3 Å². The van der Waals surface area contributed by atoms with E-state index in [1.165, 1.54) is 24.3 Å². The molecule has 7 heteroatoms. The first-order chi connectivity index (χ1) is 14.0. The first-order valence-electron chi connectivity index (χ1n) is 9.10. The fraction of sp³-hybridized carbons (Fsp3) is 0.182. The summed E-state index contributed by atoms with van der Waals surface area (Å²) in [4.78, 5) is 49.6. The predicted octanol–water partition coefficient (Wildman–Crippen LogP) is 1.98. The van der Waals surface area contributed by atoms with Crippen LogP contribution in [0.3, 0.4) is 0 Å². The molecule has 3 amide bonds. The quantitative estimate of drug-likeness (QED) is 0.421. The SMILES string of the molecule is C=CCN1C(=O)c2ccc(C(=O)OCC(=O)NCCc3ccccc3)cc2C1=O.